The number of aromatic nitrogens is 3. The Bertz CT molecular complexity index is 627. The zero-order valence-electron chi connectivity index (χ0n) is 13.0. The Morgan fingerprint density at radius 2 is 2.18 bits per heavy atom. The highest BCUT2D eigenvalue weighted by Gasteiger charge is 2.32. The third-order valence-corrected chi connectivity index (χ3v) is 4.79. The average Bonchev–Trinajstić information content (AvgIpc) is 2.92. The molecule has 6 heteroatoms. The molecular weight excluding hydrogens is 298 g/mol. The van der Waals surface area contributed by atoms with Crippen molar-refractivity contribution in [2.75, 3.05) is 25.5 Å². The van der Waals surface area contributed by atoms with Crippen molar-refractivity contribution in [3.8, 4) is 0 Å². The van der Waals surface area contributed by atoms with Crippen LogP contribution in [0.2, 0.25) is 5.02 Å². The molecule has 0 aliphatic carbocycles. The van der Waals surface area contributed by atoms with Gasteiger partial charge in [0, 0.05) is 32.2 Å². The predicted octanol–water partition coefficient (Wildman–Crippen LogP) is 2.96. The maximum absolute atomic E-state index is 6.18. The molecule has 1 fully saturated rings. The van der Waals surface area contributed by atoms with Crippen LogP contribution in [0.5, 0.6) is 0 Å². The molecule has 2 aromatic heterocycles. The van der Waals surface area contributed by atoms with Crippen LogP contribution in [0.15, 0.2) is 31.0 Å². The van der Waals surface area contributed by atoms with E-state index < -0.39 is 0 Å². The van der Waals surface area contributed by atoms with Crippen LogP contribution in [0.1, 0.15) is 24.6 Å². The monoisotopic (exact) mass is 319 g/mol. The molecular formula is C16H22ClN5. The van der Waals surface area contributed by atoms with Crippen LogP contribution in [0.4, 0.5) is 5.69 Å². The van der Waals surface area contributed by atoms with E-state index in [1.165, 1.54) is 18.5 Å². The number of halogens is 1. The van der Waals surface area contributed by atoms with Crippen LogP contribution in [0.3, 0.4) is 0 Å². The quantitative estimate of drug-likeness (QED) is 0.941. The Morgan fingerprint density at radius 1 is 1.32 bits per heavy atom. The van der Waals surface area contributed by atoms with E-state index in [0.29, 0.717) is 17.0 Å². The summed E-state index contributed by atoms with van der Waals surface area (Å²) in [6.45, 7) is 2.02. The van der Waals surface area contributed by atoms with Gasteiger partial charge < -0.3 is 9.88 Å². The second kappa shape index (κ2) is 6.67. The fraction of sp³-hybridized carbons (Fsp3) is 0.500. The Kier molecular flexibility index (Phi) is 4.64. The number of aryl methyl sites for hydroxylation is 1. The van der Waals surface area contributed by atoms with Gasteiger partial charge in [0.25, 0.3) is 0 Å². The molecule has 0 unspecified atom stereocenters. The summed E-state index contributed by atoms with van der Waals surface area (Å²) >= 11 is 6.18. The first-order valence-corrected chi connectivity index (χ1v) is 8.04. The highest BCUT2D eigenvalue weighted by molar-refractivity contribution is 6.33. The van der Waals surface area contributed by atoms with Crippen LogP contribution < -0.4 is 5.32 Å². The summed E-state index contributed by atoms with van der Waals surface area (Å²) in [5.74, 6) is 0.526. The summed E-state index contributed by atoms with van der Waals surface area (Å²) in [6, 6.07) is 2.31. The summed E-state index contributed by atoms with van der Waals surface area (Å²) in [6.07, 6.45) is 9.73. The minimum absolute atomic E-state index is 0.384. The Morgan fingerprint density at radius 3 is 2.91 bits per heavy atom. The fourth-order valence-corrected chi connectivity index (χ4v) is 3.54. The topological polar surface area (TPSA) is 46.0 Å². The van der Waals surface area contributed by atoms with Gasteiger partial charge in [-0.15, -0.1) is 0 Å². The molecule has 118 valence electrons. The molecule has 0 spiro atoms. The van der Waals surface area contributed by atoms with Crippen LogP contribution >= 0.6 is 11.6 Å². The summed E-state index contributed by atoms with van der Waals surface area (Å²) in [5, 5.41) is 4.16. The van der Waals surface area contributed by atoms with Crippen molar-refractivity contribution < 1.29 is 0 Å². The Hall–Kier alpha value is -1.59. The highest BCUT2D eigenvalue weighted by Crippen LogP contribution is 2.35. The van der Waals surface area contributed by atoms with Gasteiger partial charge in [-0.05, 0) is 38.4 Å². The molecule has 1 aliphatic heterocycles. The van der Waals surface area contributed by atoms with E-state index >= 15 is 0 Å². The molecule has 2 aromatic rings. The second-order valence-electron chi connectivity index (χ2n) is 5.99. The average molecular weight is 320 g/mol. The molecule has 1 saturated heterocycles. The van der Waals surface area contributed by atoms with Gasteiger partial charge in [0.05, 0.1) is 28.8 Å². The minimum Gasteiger partial charge on any atom is -0.383 e. The van der Waals surface area contributed by atoms with Crippen molar-refractivity contribution in [1.29, 1.82) is 0 Å². The lowest BCUT2D eigenvalue weighted by Crippen LogP contribution is -2.39. The van der Waals surface area contributed by atoms with E-state index in [4.69, 9.17) is 11.6 Å². The smallest absolute Gasteiger partial charge is 0.0946 e. The lowest BCUT2D eigenvalue weighted by atomic mass is 9.87. The number of hydrogen-bond acceptors (Lipinski definition) is 4. The third kappa shape index (κ3) is 3.10. The van der Waals surface area contributed by atoms with Crippen LogP contribution in [-0.4, -0.2) is 39.6 Å². The summed E-state index contributed by atoms with van der Waals surface area (Å²) in [5.41, 5.74) is 2.23. The summed E-state index contributed by atoms with van der Waals surface area (Å²) < 4.78 is 2.12. The standard InChI is InChI=1S/C16H22ClN5/c1-21-7-3-4-12(16(21)15-10-19-11-22(15)2)8-20-14-5-6-18-9-13(14)17/h5-6,9-12,16H,3-4,7-8H2,1-2H3,(H,18,20)/t12-,16+/m0/s1. The first kappa shape index (κ1) is 15.3. The molecule has 0 amide bonds. The van der Waals surface area contributed by atoms with Gasteiger partial charge in [-0.1, -0.05) is 11.6 Å². The first-order chi connectivity index (χ1) is 10.7. The van der Waals surface area contributed by atoms with Crippen LogP contribution in [0, 0.1) is 5.92 Å². The van der Waals surface area contributed by atoms with Crippen LogP contribution in [0.25, 0.3) is 0 Å². The number of likely N-dealkylation sites (tertiary alicyclic amines) is 1. The van der Waals surface area contributed by atoms with Gasteiger partial charge in [0.15, 0.2) is 0 Å². The number of imidazole rings is 1. The molecule has 0 bridgehead atoms. The van der Waals surface area contributed by atoms with E-state index in [1.54, 1.807) is 12.4 Å². The molecule has 5 nitrogen and oxygen atoms in total. The number of piperidine rings is 1. The van der Waals surface area contributed by atoms with Gasteiger partial charge in [-0.3, -0.25) is 9.88 Å². The maximum atomic E-state index is 6.18. The van der Waals surface area contributed by atoms with Crippen molar-refractivity contribution in [1.82, 2.24) is 19.4 Å². The normalized spacial score (nSPS) is 22.7. The van der Waals surface area contributed by atoms with Gasteiger partial charge in [0.1, 0.15) is 0 Å². The molecule has 2 atom stereocenters. The third-order valence-electron chi connectivity index (χ3n) is 4.49. The molecule has 0 radical (unpaired) electrons. The van der Waals surface area contributed by atoms with Gasteiger partial charge in [-0.2, -0.15) is 0 Å². The van der Waals surface area contributed by atoms with Crippen molar-refractivity contribution in [3.63, 3.8) is 0 Å². The van der Waals surface area contributed by atoms with Crippen molar-refractivity contribution in [3.05, 3.63) is 41.7 Å². The number of nitrogens with zero attached hydrogens (tertiary/aromatic N) is 4. The fourth-order valence-electron chi connectivity index (χ4n) is 3.35. The minimum atomic E-state index is 0.384. The lowest BCUT2D eigenvalue weighted by Gasteiger charge is -2.39. The molecule has 22 heavy (non-hydrogen) atoms. The largest absolute Gasteiger partial charge is 0.383 e. The molecule has 1 aliphatic rings. The maximum Gasteiger partial charge on any atom is 0.0946 e. The zero-order chi connectivity index (χ0) is 15.5. The van der Waals surface area contributed by atoms with Gasteiger partial charge in [-0.25, -0.2) is 4.98 Å². The second-order valence-corrected chi connectivity index (χ2v) is 6.40. The Balaban J connectivity index is 1.76. The Labute approximate surface area is 136 Å². The van der Waals surface area contributed by atoms with E-state index in [1.807, 2.05) is 18.6 Å². The highest BCUT2D eigenvalue weighted by atomic mass is 35.5. The SMILES string of the molecule is CN1CCC[C@@H](CNc2ccncc2Cl)[C@@H]1c1cncn1C. The summed E-state index contributed by atoms with van der Waals surface area (Å²) in [7, 11) is 4.26. The van der Waals surface area contributed by atoms with Crippen LogP contribution in [-0.2, 0) is 7.05 Å². The van der Waals surface area contributed by atoms with E-state index in [2.05, 4.69) is 38.8 Å². The molecule has 3 heterocycles. The predicted molar refractivity (Wildman–Crippen MR) is 89.0 cm³/mol. The van der Waals surface area contributed by atoms with Crippen molar-refractivity contribution in [2.45, 2.75) is 18.9 Å². The number of anilines is 1. The number of nitrogens with one attached hydrogen (secondary N) is 1. The molecule has 0 saturated carbocycles. The van der Waals surface area contributed by atoms with E-state index in [9.17, 15) is 0 Å². The number of hydrogen-bond donors (Lipinski definition) is 1. The molecule has 1 N–H and O–H groups in total. The van der Waals surface area contributed by atoms with Crippen molar-refractivity contribution in [2.24, 2.45) is 13.0 Å². The molecule has 3 rings (SSSR count). The van der Waals surface area contributed by atoms with E-state index in [0.717, 1.165) is 18.8 Å². The van der Waals surface area contributed by atoms with E-state index in [-0.39, 0.29) is 0 Å². The zero-order valence-corrected chi connectivity index (χ0v) is 13.8. The van der Waals surface area contributed by atoms with Gasteiger partial charge in [0.2, 0.25) is 0 Å². The summed E-state index contributed by atoms with van der Waals surface area (Å²) in [4.78, 5) is 10.7. The van der Waals surface area contributed by atoms with Crippen molar-refractivity contribution >= 4 is 17.3 Å². The number of rotatable bonds is 4. The van der Waals surface area contributed by atoms with Gasteiger partial charge >= 0.3 is 0 Å². The first-order valence-electron chi connectivity index (χ1n) is 7.66. The lowest BCUT2D eigenvalue weighted by molar-refractivity contribution is 0.122. The molecule has 0 aromatic carbocycles. The number of pyridine rings is 1.